The van der Waals surface area contributed by atoms with Crippen LogP contribution in [0.15, 0.2) is 88.5 Å². The van der Waals surface area contributed by atoms with Crippen molar-refractivity contribution in [1.82, 2.24) is 14.4 Å². The van der Waals surface area contributed by atoms with Crippen LogP contribution < -0.4 is 0 Å². The van der Waals surface area contributed by atoms with E-state index in [0.29, 0.717) is 46.9 Å². The van der Waals surface area contributed by atoms with Crippen LogP contribution in [0.1, 0.15) is 369 Å². The maximum atomic E-state index is 16.1. The number of fused-ring (bicyclic) bond motifs is 4. The first-order valence-electron chi connectivity index (χ1n) is 40.7. The molecule has 3 atom stereocenters. The molecule has 532 valence electrons. The third-order valence-corrected chi connectivity index (χ3v) is 23.0. The van der Waals surface area contributed by atoms with Crippen molar-refractivity contribution < 1.29 is 9.59 Å². The van der Waals surface area contributed by atoms with Gasteiger partial charge in [-0.3, -0.25) is 9.59 Å². The first-order valence-corrected chi connectivity index (χ1v) is 42.0. The first kappa shape index (κ1) is 80.2. The summed E-state index contributed by atoms with van der Waals surface area (Å²) in [5.41, 5.74) is 8.10. The summed E-state index contributed by atoms with van der Waals surface area (Å²) in [5, 5.41) is 2.69. The molecule has 0 aliphatic carbocycles. The fourth-order valence-electron chi connectivity index (χ4n) is 15.6. The molecule has 2 amide bonds. The quantitative estimate of drug-likeness (QED) is 0.0272. The highest BCUT2D eigenvalue weighted by atomic mass is 32.1. The predicted octanol–water partition coefficient (Wildman–Crippen LogP) is 28.4. The van der Waals surface area contributed by atoms with E-state index in [0.717, 1.165) is 54.9 Å². The molecule has 0 saturated carbocycles. The van der Waals surface area contributed by atoms with Gasteiger partial charge in [0.2, 0.25) is 0 Å². The molecule has 95 heavy (non-hydrogen) atoms. The fraction of sp³-hybridized carbons (Fsp3) is 0.705. The standard InChI is InChI=1S/C88H141N3O2S2/c1-11-18-25-31-35-37-38-40-44-51-55-70(54-50-43-39-36-32-26-19-12-2)67-89-77-65-73(59-61-75(77)76-62-60-74(66-78(76)89)88(8,9)10)80-63-64-81(95-80)85-83-82(86(92)91(85)69-72(53-47-30-23-16-6)57-49-42-34-28-21-14-4)84(79(94)58-45-24-17-7)90(87(83)93)68-71(52-46-29-22-15-5)56-48-41-33-27-20-13-3/h24,45,58-66,70-72,94H,11-23,25-44,46-57,67-69H2,1-10H3/b45-24+,79-58-. The van der Waals surface area contributed by atoms with Crippen LogP contribution in [0.3, 0.4) is 0 Å². The van der Waals surface area contributed by atoms with Gasteiger partial charge in [-0.25, -0.2) is 0 Å². The lowest BCUT2D eigenvalue weighted by Crippen LogP contribution is -2.35. The van der Waals surface area contributed by atoms with E-state index in [9.17, 15) is 0 Å². The van der Waals surface area contributed by atoms with E-state index < -0.39 is 0 Å². The van der Waals surface area contributed by atoms with Gasteiger partial charge in [-0.1, -0.05) is 350 Å². The van der Waals surface area contributed by atoms with Crippen LogP contribution in [0.4, 0.5) is 0 Å². The second kappa shape index (κ2) is 45.8. The molecule has 5 nitrogen and oxygen atoms in total. The average Bonchev–Trinajstić information content (AvgIpc) is 1.56. The lowest BCUT2D eigenvalue weighted by Gasteiger charge is -2.30. The van der Waals surface area contributed by atoms with Gasteiger partial charge in [0.15, 0.2) is 0 Å². The molecule has 7 heteroatoms. The van der Waals surface area contributed by atoms with Gasteiger partial charge in [0.1, 0.15) is 0 Å². The smallest absolute Gasteiger partial charge is 0.261 e. The molecule has 4 heterocycles. The lowest BCUT2D eigenvalue weighted by molar-refractivity contribution is -0.124. The number of hydrogen-bond donors (Lipinski definition) is 1. The van der Waals surface area contributed by atoms with Gasteiger partial charge >= 0.3 is 0 Å². The van der Waals surface area contributed by atoms with Gasteiger partial charge in [-0.05, 0) is 110 Å². The number of benzene rings is 2. The second-order valence-electron chi connectivity index (χ2n) is 30.8. The number of aromatic nitrogens is 1. The molecule has 6 rings (SSSR count). The fourth-order valence-corrected chi connectivity index (χ4v) is 16.9. The van der Waals surface area contributed by atoms with Crippen molar-refractivity contribution in [3.63, 3.8) is 0 Å². The van der Waals surface area contributed by atoms with E-state index in [1.165, 1.54) is 295 Å². The number of nitrogens with zero attached hydrogens (tertiary/aromatic N) is 3. The lowest BCUT2D eigenvalue weighted by atomic mass is 9.86. The Morgan fingerprint density at radius 2 is 0.800 bits per heavy atom. The topological polar surface area (TPSA) is 45.6 Å². The maximum absolute atomic E-state index is 16.1. The number of thiophene rings is 1. The molecule has 0 bridgehead atoms. The molecule has 0 spiro atoms. The molecule has 2 aliphatic heterocycles. The summed E-state index contributed by atoms with van der Waals surface area (Å²) in [6, 6.07) is 19.2. The Kier molecular flexibility index (Phi) is 38.6. The molecule has 0 radical (unpaired) electrons. The average molecular weight is 1340 g/mol. The van der Waals surface area contributed by atoms with Crippen LogP contribution in [-0.2, 0) is 21.5 Å². The molecule has 0 saturated heterocycles. The van der Waals surface area contributed by atoms with Crippen molar-refractivity contribution in [2.75, 3.05) is 13.1 Å². The Hall–Kier alpha value is -3.81. The van der Waals surface area contributed by atoms with Crippen LogP contribution in [0, 0.1) is 17.8 Å². The number of hydrogen-bond acceptors (Lipinski definition) is 4. The Morgan fingerprint density at radius 1 is 0.432 bits per heavy atom. The molecule has 0 fully saturated rings. The summed E-state index contributed by atoms with van der Waals surface area (Å²) >= 11 is 7.10. The van der Waals surface area contributed by atoms with Crippen molar-refractivity contribution in [2.45, 2.75) is 370 Å². The molecule has 2 aliphatic rings. The zero-order valence-corrected chi connectivity index (χ0v) is 64.7. The molecule has 0 N–H and O–H groups in total. The predicted molar refractivity (Wildman–Crippen MR) is 423 cm³/mol. The SMILES string of the molecule is CC/C=C/C=C(\S)C1=C2C(=O)N(CC(CCCCCC)CCCCCCCC)C(c3ccc(-c4ccc5c6ccc(C(C)(C)C)cc6n(CC(CCCCCCCCCC)CCCCCCCCCCCC)c5c4)s3)=C2C(=O)N1CC(CCCCCC)CCCCCCCC. The van der Waals surface area contributed by atoms with Gasteiger partial charge in [-0.2, -0.15) is 0 Å². The number of carbonyl (C=O) groups excluding carboxylic acids is 2. The van der Waals surface area contributed by atoms with Gasteiger partial charge in [-0.15, -0.1) is 24.0 Å². The molecule has 2 aromatic carbocycles. The summed E-state index contributed by atoms with van der Waals surface area (Å²) in [6.45, 7) is 25.4. The van der Waals surface area contributed by atoms with E-state index in [2.05, 4.69) is 139 Å². The van der Waals surface area contributed by atoms with Crippen LogP contribution in [-0.4, -0.2) is 39.3 Å². The largest absolute Gasteiger partial charge is 0.340 e. The van der Waals surface area contributed by atoms with Crippen molar-refractivity contribution in [3.05, 3.63) is 98.9 Å². The summed E-state index contributed by atoms with van der Waals surface area (Å²) < 4.78 is 2.75. The van der Waals surface area contributed by atoms with Crippen LogP contribution in [0.5, 0.6) is 0 Å². The number of rotatable bonds is 55. The van der Waals surface area contributed by atoms with Crippen molar-refractivity contribution in [3.8, 4) is 10.4 Å². The Balaban J connectivity index is 1.45. The Labute approximate surface area is 593 Å². The second-order valence-corrected chi connectivity index (χ2v) is 32.4. The van der Waals surface area contributed by atoms with E-state index in [4.69, 9.17) is 12.6 Å². The molecular weight excluding hydrogens is 1200 g/mol. The van der Waals surface area contributed by atoms with Gasteiger partial charge in [0.05, 0.1) is 27.4 Å². The van der Waals surface area contributed by atoms with Gasteiger partial charge in [0.25, 0.3) is 11.8 Å². The van der Waals surface area contributed by atoms with E-state index in [1.807, 2.05) is 11.0 Å². The summed E-state index contributed by atoms with van der Waals surface area (Å²) in [4.78, 5) is 39.3. The van der Waals surface area contributed by atoms with Crippen molar-refractivity contribution >= 4 is 63.3 Å². The highest BCUT2D eigenvalue weighted by Crippen LogP contribution is 2.50. The minimum atomic E-state index is -0.00737. The van der Waals surface area contributed by atoms with E-state index >= 15 is 9.59 Å². The Morgan fingerprint density at radius 3 is 1.23 bits per heavy atom. The van der Waals surface area contributed by atoms with Gasteiger partial charge < -0.3 is 14.4 Å². The Bertz CT molecular complexity index is 2940. The highest BCUT2D eigenvalue weighted by Gasteiger charge is 2.50. The summed E-state index contributed by atoms with van der Waals surface area (Å²) in [5.74, 6) is 1.30. The number of allylic oxidation sites excluding steroid dienone is 3. The van der Waals surface area contributed by atoms with Crippen LogP contribution in [0.2, 0.25) is 0 Å². The zero-order chi connectivity index (χ0) is 68.1. The normalized spacial score (nSPS) is 15.0. The summed E-state index contributed by atoms with van der Waals surface area (Å²) in [7, 11) is 0. The molecule has 3 unspecified atom stereocenters. The van der Waals surface area contributed by atoms with Crippen LogP contribution in [0.25, 0.3) is 37.9 Å². The minimum absolute atomic E-state index is 0.00737. The maximum Gasteiger partial charge on any atom is 0.261 e. The molecule has 2 aromatic heterocycles. The third-order valence-electron chi connectivity index (χ3n) is 21.5. The number of carbonyl (C=O) groups is 2. The molecule has 4 aromatic rings. The minimum Gasteiger partial charge on any atom is -0.340 e. The van der Waals surface area contributed by atoms with Crippen molar-refractivity contribution in [1.29, 1.82) is 0 Å². The van der Waals surface area contributed by atoms with E-state index in [-0.39, 0.29) is 17.2 Å². The van der Waals surface area contributed by atoms with E-state index in [1.54, 1.807) is 11.3 Å². The first-order chi connectivity index (χ1) is 46.3. The van der Waals surface area contributed by atoms with Crippen molar-refractivity contribution in [2.24, 2.45) is 17.8 Å². The number of unbranched alkanes of at least 4 members (excludes halogenated alkanes) is 32. The summed E-state index contributed by atoms with van der Waals surface area (Å²) in [6.07, 6.45) is 63.5. The zero-order valence-electron chi connectivity index (χ0n) is 63.0. The van der Waals surface area contributed by atoms with Crippen LogP contribution >= 0.6 is 24.0 Å². The third kappa shape index (κ3) is 26.0. The monoisotopic (exact) mass is 1340 g/mol. The van der Waals surface area contributed by atoms with Gasteiger partial charge in [0, 0.05) is 51.2 Å². The molecular formula is C88H141N3O2S2. The highest BCUT2D eigenvalue weighted by molar-refractivity contribution is 7.84. The number of amides is 2. The number of thiol groups is 1.